The number of thiophene rings is 1. The van der Waals surface area contributed by atoms with Gasteiger partial charge in [-0.2, -0.15) is 5.10 Å². The van der Waals surface area contributed by atoms with Gasteiger partial charge in [0.2, 0.25) is 0 Å². The summed E-state index contributed by atoms with van der Waals surface area (Å²) in [5, 5.41) is 4.16. The zero-order chi connectivity index (χ0) is 13.1. The minimum absolute atomic E-state index is 0.0566. The maximum Gasteiger partial charge on any atom is 0.186 e. The predicted molar refractivity (Wildman–Crippen MR) is 75.1 cm³/mol. The van der Waals surface area contributed by atoms with Gasteiger partial charge in [-0.3, -0.25) is 9.48 Å². The first kappa shape index (κ1) is 12.8. The molecule has 18 heavy (non-hydrogen) atoms. The van der Waals surface area contributed by atoms with Crippen molar-refractivity contribution < 1.29 is 4.79 Å². The highest BCUT2D eigenvalue weighted by Crippen LogP contribution is 2.21. The molecule has 0 aromatic carbocycles. The molecule has 0 N–H and O–H groups in total. The van der Waals surface area contributed by atoms with Gasteiger partial charge in [-0.25, -0.2) is 0 Å². The van der Waals surface area contributed by atoms with Crippen molar-refractivity contribution in [3.63, 3.8) is 0 Å². The fraction of sp³-hybridized carbons (Fsp3) is 0.286. The van der Waals surface area contributed by atoms with Crippen LogP contribution in [0.15, 0.2) is 24.5 Å². The highest BCUT2D eigenvalue weighted by Gasteiger charge is 2.08. The molecule has 2 heterocycles. The van der Waals surface area contributed by atoms with Crippen LogP contribution in [-0.2, 0) is 6.54 Å². The smallest absolute Gasteiger partial charge is 0.186 e. The molecule has 0 radical (unpaired) electrons. The highest BCUT2D eigenvalue weighted by molar-refractivity contribution is 7.12. The van der Waals surface area contributed by atoms with E-state index >= 15 is 0 Å². The van der Waals surface area contributed by atoms with Crippen LogP contribution in [-0.4, -0.2) is 15.6 Å². The van der Waals surface area contributed by atoms with Crippen LogP contribution in [0.3, 0.4) is 0 Å². The zero-order valence-corrected chi connectivity index (χ0v) is 11.6. The van der Waals surface area contributed by atoms with Crippen molar-refractivity contribution in [1.82, 2.24) is 9.78 Å². The van der Waals surface area contributed by atoms with E-state index < -0.39 is 0 Å². The normalized spacial score (nSPS) is 11.3. The standard InChI is InChI=1S/C14H16N2OS/c1-4-16-9-12(8-15-16)5-6-14(17)13-7-10(2)18-11(13)3/h5-9H,4H2,1-3H3/b6-5+. The van der Waals surface area contributed by atoms with Crippen molar-refractivity contribution in [3.8, 4) is 0 Å². The van der Waals surface area contributed by atoms with E-state index in [0.717, 1.165) is 22.5 Å². The first-order valence-corrected chi connectivity index (χ1v) is 6.73. The van der Waals surface area contributed by atoms with Crippen LogP contribution in [0.4, 0.5) is 0 Å². The zero-order valence-electron chi connectivity index (χ0n) is 10.8. The summed E-state index contributed by atoms with van der Waals surface area (Å²) in [5.41, 5.74) is 1.76. The third-order valence-corrected chi connectivity index (χ3v) is 3.68. The molecule has 0 amide bonds. The average Bonchev–Trinajstić information content (AvgIpc) is 2.92. The van der Waals surface area contributed by atoms with Crippen molar-refractivity contribution in [3.05, 3.63) is 45.4 Å². The summed E-state index contributed by atoms with van der Waals surface area (Å²) >= 11 is 1.66. The molecule has 0 atom stereocenters. The van der Waals surface area contributed by atoms with Gasteiger partial charge in [-0.15, -0.1) is 11.3 Å². The van der Waals surface area contributed by atoms with E-state index in [1.807, 2.05) is 43.8 Å². The Balaban J connectivity index is 2.14. The van der Waals surface area contributed by atoms with Crippen LogP contribution in [0.25, 0.3) is 6.08 Å². The van der Waals surface area contributed by atoms with Gasteiger partial charge in [0.05, 0.1) is 6.20 Å². The number of hydrogen-bond acceptors (Lipinski definition) is 3. The summed E-state index contributed by atoms with van der Waals surface area (Å²) in [4.78, 5) is 14.3. The van der Waals surface area contributed by atoms with E-state index in [1.54, 1.807) is 23.6 Å². The Morgan fingerprint density at radius 1 is 1.50 bits per heavy atom. The second kappa shape index (κ2) is 5.31. The molecular weight excluding hydrogens is 244 g/mol. The number of aryl methyl sites for hydroxylation is 3. The predicted octanol–water partition coefficient (Wildman–Crippen LogP) is 3.48. The lowest BCUT2D eigenvalue weighted by atomic mass is 10.1. The van der Waals surface area contributed by atoms with Crippen molar-refractivity contribution >= 4 is 23.2 Å². The van der Waals surface area contributed by atoms with Crippen molar-refractivity contribution in [2.24, 2.45) is 0 Å². The largest absolute Gasteiger partial charge is 0.289 e. The van der Waals surface area contributed by atoms with Gasteiger partial charge in [0.15, 0.2) is 5.78 Å². The second-order valence-electron chi connectivity index (χ2n) is 4.15. The number of carbonyl (C=O) groups excluding carboxylic acids is 1. The van der Waals surface area contributed by atoms with Gasteiger partial charge in [0, 0.05) is 33.6 Å². The summed E-state index contributed by atoms with van der Waals surface area (Å²) in [6, 6.07) is 1.95. The third-order valence-electron chi connectivity index (χ3n) is 2.71. The lowest BCUT2D eigenvalue weighted by Gasteiger charge is -1.92. The molecule has 0 aliphatic rings. The molecule has 2 aromatic heterocycles. The average molecular weight is 260 g/mol. The van der Waals surface area contributed by atoms with Crippen molar-refractivity contribution in [2.75, 3.05) is 0 Å². The minimum atomic E-state index is 0.0566. The molecule has 3 nitrogen and oxygen atoms in total. The number of allylic oxidation sites excluding steroid dienone is 1. The van der Waals surface area contributed by atoms with E-state index in [4.69, 9.17) is 0 Å². The van der Waals surface area contributed by atoms with Gasteiger partial charge >= 0.3 is 0 Å². The molecule has 2 rings (SSSR count). The van der Waals surface area contributed by atoms with E-state index in [1.165, 1.54) is 4.88 Å². The molecule has 0 unspecified atom stereocenters. The maximum absolute atomic E-state index is 12.0. The number of rotatable bonds is 4. The molecule has 2 aromatic rings. The van der Waals surface area contributed by atoms with E-state index in [-0.39, 0.29) is 5.78 Å². The highest BCUT2D eigenvalue weighted by atomic mass is 32.1. The molecule has 0 spiro atoms. The molecule has 0 bridgehead atoms. The minimum Gasteiger partial charge on any atom is -0.289 e. The van der Waals surface area contributed by atoms with Crippen LogP contribution >= 0.6 is 11.3 Å². The van der Waals surface area contributed by atoms with Crippen LogP contribution in [0, 0.1) is 13.8 Å². The fourth-order valence-corrected chi connectivity index (χ4v) is 2.70. The molecule has 94 valence electrons. The van der Waals surface area contributed by atoms with Gasteiger partial charge in [-0.1, -0.05) is 0 Å². The van der Waals surface area contributed by atoms with Crippen LogP contribution in [0.2, 0.25) is 0 Å². The molecule has 0 saturated carbocycles. The number of nitrogens with zero attached hydrogens (tertiary/aromatic N) is 2. The number of ketones is 1. The number of hydrogen-bond donors (Lipinski definition) is 0. The Labute approximate surface area is 111 Å². The lowest BCUT2D eigenvalue weighted by molar-refractivity contribution is 0.104. The fourth-order valence-electron chi connectivity index (χ4n) is 1.78. The maximum atomic E-state index is 12.0. The Kier molecular flexibility index (Phi) is 3.77. The lowest BCUT2D eigenvalue weighted by Crippen LogP contribution is -1.93. The van der Waals surface area contributed by atoms with Gasteiger partial charge in [0.25, 0.3) is 0 Å². The van der Waals surface area contributed by atoms with Gasteiger partial charge in [0.1, 0.15) is 0 Å². The van der Waals surface area contributed by atoms with E-state index in [0.29, 0.717) is 0 Å². The molecule has 0 fully saturated rings. The third kappa shape index (κ3) is 2.76. The molecule has 0 saturated heterocycles. The quantitative estimate of drug-likeness (QED) is 0.623. The summed E-state index contributed by atoms with van der Waals surface area (Å²) < 4.78 is 1.84. The van der Waals surface area contributed by atoms with E-state index in [9.17, 15) is 4.79 Å². The topological polar surface area (TPSA) is 34.9 Å². The summed E-state index contributed by atoms with van der Waals surface area (Å²) in [6.45, 7) is 6.87. The van der Waals surface area contributed by atoms with E-state index in [2.05, 4.69) is 5.10 Å². The van der Waals surface area contributed by atoms with Crippen LogP contribution < -0.4 is 0 Å². The Morgan fingerprint density at radius 3 is 2.83 bits per heavy atom. The monoisotopic (exact) mass is 260 g/mol. The number of carbonyl (C=O) groups is 1. The molecule has 0 aliphatic carbocycles. The molecule has 0 aliphatic heterocycles. The van der Waals surface area contributed by atoms with Gasteiger partial charge < -0.3 is 0 Å². The summed E-state index contributed by atoms with van der Waals surface area (Å²) in [6.07, 6.45) is 7.12. The Bertz CT molecular complexity index is 593. The first-order valence-electron chi connectivity index (χ1n) is 5.92. The first-order chi connectivity index (χ1) is 8.60. The SMILES string of the molecule is CCn1cc(/C=C/C(=O)c2cc(C)sc2C)cn1. The summed E-state index contributed by atoms with van der Waals surface area (Å²) in [5.74, 6) is 0.0566. The van der Waals surface area contributed by atoms with Gasteiger partial charge in [-0.05, 0) is 39.0 Å². The summed E-state index contributed by atoms with van der Waals surface area (Å²) in [7, 11) is 0. The van der Waals surface area contributed by atoms with Crippen molar-refractivity contribution in [2.45, 2.75) is 27.3 Å². The molecular formula is C14H16N2OS. The van der Waals surface area contributed by atoms with Crippen LogP contribution in [0.5, 0.6) is 0 Å². The van der Waals surface area contributed by atoms with Crippen molar-refractivity contribution in [1.29, 1.82) is 0 Å². The molecule has 4 heteroatoms. The second-order valence-corrected chi connectivity index (χ2v) is 5.61. The Hall–Kier alpha value is -1.68. The van der Waals surface area contributed by atoms with Crippen LogP contribution in [0.1, 0.15) is 32.6 Å². The number of aromatic nitrogens is 2. The Morgan fingerprint density at radius 2 is 2.28 bits per heavy atom.